The number of hydrogen-bond donors (Lipinski definition) is 1. The lowest BCUT2D eigenvalue weighted by Crippen LogP contribution is -2.24. The molecule has 0 spiro atoms. The topological polar surface area (TPSA) is 43.8 Å². The van der Waals surface area contributed by atoms with E-state index in [1.807, 2.05) is 12.4 Å². The maximum absolute atomic E-state index is 6.20. The summed E-state index contributed by atoms with van der Waals surface area (Å²) in [5.41, 5.74) is 6.20. The number of rotatable bonds is 11. The fraction of sp³-hybridized carbons (Fsp3) is 0.812. The molecular formula is C16H31N3. The molecule has 1 aromatic rings. The van der Waals surface area contributed by atoms with Crippen LogP contribution in [-0.2, 0) is 13.0 Å². The summed E-state index contributed by atoms with van der Waals surface area (Å²) >= 11 is 0. The first-order valence-corrected chi connectivity index (χ1v) is 8.03. The SMILES string of the molecule is CCCCCCCCCC(N)Cc1nccn1CC. The molecule has 0 bridgehead atoms. The van der Waals surface area contributed by atoms with E-state index in [2.05, 4.69) is 23.4 Å². The van der Waals surface area contributed by atoms with E-state index >= 15 is 0 Å². The number of imidazole rings is 1. The first-order valence-electron chi connectivity index (χ1n) is 8.03. The standard InChI is InChI=1S/C16H31N3/c1-3-5-6-7-8-9-10-11-15(17)14-16-18-12-13-19(16)4-2/h12-13,15H,3-11,14,17H2,1-2H3. The van der Waals surface area contributed by atoms with Gasteiger partial charge in [-0.1, -0.05) is 51.9 Å². The number of nitrogens with zero attached hydrogens (tertiary/aromatic N) is 2. The number of unbranched alkanes of at least 4 members (excludes halogenated alkanes) is 6. The summed E-state index contributed by atoms with van der Waals surface area (Å²) in [5, 5.41) is 0. The second kappa shape index (κ2) is 10.0. The van der Waals surface area contributed by atoms with E-state index in [0.717, 1.165) is 25.2 Å². The van der Waals surface area contributed by atoms with Crippen LogP contribution >= 0.6 is 0 Å². The molecule has 0 amide bonds. The minimum absolute atomic E-state index is 0.267. The minimum Gasteiger partial charge on any atom is -0.335 e. The zero-order chi connectivity index (χ0) is 13.9. The molecule has 110 valence electrons. The molecule has 19 heavy (non-hydrogen) atoms. The van der Waals surface area contributed by atoms with Crippen molar-refractivity contribution in [2.45, 2.75) is 84.2 Å². The molecule has 0 aromatic carbocycles. The third-order valence-electron chi connectivity index (χ3n) is 3.77. The molecule has 0 saturated heterocycles. The van der Waals surface area contributed by atoms with E-state index in [0.29, 0.717) is 0 Å². The molecule has 0 fully saturated rings. The van der Waals surface area contributed by atoms with Gasteiger partial charge in [-0.25, -0.2) is 4.98 Å². The Morgan fingerprint density at radius 2 is 1.79 bits per heavy atom. The summed E-state index contributed by atoms with van der Waals surface area (Å²) in [5.74, 6) is 1.14. The van der Waals surface area contributed by atoms with Crippen LogP contribution in [0.25, 0.3) is 0 Å². The summed E-state index contributed by atoms with van der Waals surface area (Å²) < 4.78 is 2.19. The van der Waals surface area contributed by atoms with Crippen molar-refractivity contribution in [1.29, 1.82) is 0 Å². The molecule has 1 atom stereocenters. The van der Waals surface area contributed by atoms with Crippen LogP contribution in [0, 0.1) is 0 Å². The van der Waals surface area contributed by atoms with Crippen molar-refractivity contribution in [2.24, 2.45) is 5.73 Å². The van der Waals surface area contributed by atoms with Gasteiger partial charge in [0, 0.05) is 31.4 Å². The van der Waals surface area contributed by atoms with Gasteiger partial charge in [-0.3, -0.25) is 0 Å². The summed E-state index contributed by atoms with van der Waals surface area (Å²) in [6.07, 6.45) is 15.4. The van der Waals surface area contributed by atoms with Crippen molar-refractivity contribution < 1.29 is 0 Å². The highest BCUT2D eigenvalue weighted by Gasteiger charge is 2.08. The Morgan fingerprint density at radius 1 is 1.11 bits per heavy atom. The molecule has 0 radical (unpaired) electrons. The quantitative estimate of drug-likeness (QED) is 0.616. The van der Waals surface area contributed by atoms with Crippen LogP contribution in [0.1, 0.15) is 71.0 Å². The molecule has 0 aliphatic carbocycles. The van der Waals surface area contributed by atoms with Crippen molar-refractivity contribution in [1.82, 2.24) is 9.55 Å². The van der Waals surface area contributed by atoms with E-state index in [1.165, 1.54) is 44.9 Å². The number of hydrogen-bond acceptors (Lipinski definition) is 2. The molecule has 1 rings (SSSR count). The second-order valence-electron chi connectivity index (χ2n) is 5.50. The molecular weight excluding hydrogens is 234 g/mol. The van der Waals surface area contributed by atoms with Gasteiger partial charge >= 0.3 is 0 Å². The lowest BCUT2D eigenvalue weighted by atomic mass is 10.0. The number of aromatic nitrogens is 2. The van der Waals surface area contributed by atoms with E-state index in [9.17, 15) is 0 Å². The van der Waals surface area contributed by atoms with Crippen molar-refractivity contribution in [3.8, 4) is 0 Å². The van der Waals surface area contributed by atoms with Crippen molar-refractivity contribution >= 4 is 0 Å². The Hall–Kier alpha value is -0.830. The Balaban J connectivity index is 2.06. The maximum atomic E-state index is 6.20. The van der Waals surface area contributed by atoms with Crippen molar-refractivity contribution in [3.63, 3.8) is 0 Å². The molecule has 2 N–H and O–H groups in total. The van der Waals surface area contributed by atoms with Gasteiger partial charge in [0.1, 0.15) is 5.82 Å². The van der Waals surface area contributed by atoms with E-state index in [-0.39, 0.29) is 6.04 Å². The second-order valence-corrected chi connectivity index (χ2v) is 5.50. The molecule has 3 nitrogen and oxygen atoms in total. The summed E-state index contributed by atoms with van der Waals surface area (Å²) in [7, 11) is 0. The van der Waals surface area contributed by atoms with Gasteiger partial charge in [0.15, 0.2) is 0 Å². The van der Waals surface area contributed by atoms with Crippen LogP contribution in [0.3, 0.4) is 0 Å². The Kier molecular flexibility index (Phi) is 8.55. The predicted octanol–water partition coefficient (Wildman–Crippen LogP) is 3.91. The zero-order valence-electron chi connectivity index (χ0n) is 12.8. The molecule has 0 saturated carbocycles. The van der Waals surface area contributed by atoms with Gasteiger partial charge in [0.25, 0.3) is 0 Å². The largest absolute Gasteiger partial charge is 0.335 e. The molecule has 1 unspecified atom stereocenters. The van der Waals surface area contributed by atoms with Gasteiger partial charge in [-0.05, 0) is 13.3 Å². The zero-order valence-corrected chi connectivity index (χ0v) is 12.8. The maximum Gasteiger partial charge on any atom is 0.110 e. The van der Waals surface area contributed by atoms with E-state index in [1.54, 1.807) is 0 Å². The Morgan fingerprint density at radius 3 is 2.47 bits per heavy atom. The highest BCUT2D eigenvalue weighted by atomic mass is 15.1. The van der Waals surface area contributed by atoms with Crippen LogP contribution < -0.4 is 5.73 Å². The monoisotopic (exact) mass is 265 g/mol. The van der Waals surface area contributed by atoms with Crippen LogP contribution in [0.5, 0.6) is 0 Å². The van der Waals surface area contributed by atoms with Crippen LogP contribution in [0.2, 0.25) is 0 Å². The molecule has 3 heteroatoms. The minimum atomic E-state index is 0.267. The molecule has 0 aliphatic rings. The molecule has 1 aromatic heterocycles. The number of aryl methyl sites for hydroxylation is 1. The highest BCUT2D eigenvalue weighted by Crippen LogP contribution is 2.11. The summed E-state index contributed by atoms with van der Waals surface area (Å²) in [6, 6.07) is 0.267. The Labute approximate surface area is 118 Å². The van der Waals surface area contributed by atoms with Gasteiger partial charge in [-0.2, -0.15) is 0 Å². The summed E-state index contributed by atoms with van der Waals surface area (Å²) in [4.78, 5) is 4.39. The van der Waals surface area contributed by atoms with E-state index in [4.69, 9.17) is 5.73 Å². The van der Waals surface area contributed by atoms with Gasteiger partial charge in [0.2, 0.25) is 0 Å². The molecule has 0 aliphatic heterocycles. The smallest absolute Gasteiger partial charge is 0.110 e. The first kappa shape index (κ1) is 16.2. The third kappa shape index (κ3) is 6.76. The van der Waals surface area contributed by atoms with E-state index < -0.39 is 0 Å². The highest BCUT2D eigenvalue weighted by molar-refractivity contribution is 4.94. The first-order chi connectivity index (χ1) is 9.27. The fourth-order valence-electron chi connectivity index (χ4n) is 2.52. The Bertz CT molecular complexity index is 320. The lowest BCUT2D eigenvalue weighted by molar-refractivity contribution is 0.514. The van der Waals surface area contributed by atoms with Crippen LogP contribution in [0.4, 0.5) is 0 Å². The predicted molar refractivity (Wildman–Crippen MR) is 82.2 cm³/mol. The van der Waals surface area contributed by atoms with Gasteiger partial charge in [-0.15, -0.1) is 0 Å². The average molecular weight is 265 g/mol. The van der Waals surface area contributed by atoms with Crippen molar-refractivity contribution in [3.05, 3.63) is 18.2 Å². The van der Waals surface area contributed by atoms with Crippen molar-refractivity contribution in [2.75, 3.05) is 0 Å². The van der Waals surface area contributed by atoms with Gasteiger partial charge in [0.05, 0.1) is 0 Å². The lowest BCUT2D eigenvalue weighted by Gasteiger charge is -2.12. The number of nitrogens with two attached hydrogens (primary N) is 1. The van der Waals surface area contributed by atoms with Crippen LogP contribution in [0.15, 0.2) is 12.4 Å². The normalized spacial score (nSPS) is 12.8. The molecule has 1 heterocycles. The average Bonchev–Trinajstić information content (AvgIpc) is 2.85. The fourth-order valence-corrected chi connectivity index (χ4v) is 2.52. The van der Waals surface area contributed by atoms with Gasteiger partial charge < -0.3 is 10.3 Å². The summed E-state index contributed by atoms with van der Waals surface area (Å²) in [6.45, 7) is 5.39. The van der Waals surface area contributed by atoms with Crippen LogP contribution in [-0.4, -0.2) is 15.6 Å². The third-order valence-corrected chi connectivity index (χ3v) is 3.77.